The van der Waals surface area contributed by atoms with Crippen molar-refractivity contribution in [1.82, 2.24) is 15.1 Å². The predicted molar refractivity (Wildman–Crippen MR) is 86.1 cm³/mol. The highest BCUT2D eigenvalue weighted by atomic mass is 16.2. The number of piperazine rings is 1. The molecule has 116 valence electrons. The van der Waals surface area contributed by atoms with Crippen molar-refractivity contribution in [2.24, 2.45) is 0 Å². The van der Waals surface area contributed by atoms with Crippen LogP contribution in [0.5, 0.6) is 0 Å². The lowest BCUT2D eigenvalue weighted by Crippen LogP contribution is -2.53. The normalized spacial score (nSPS) is 17.7. The molecule has 0 bridgehead atoms. The number of benzene rings is 1. The highest BCUT2D eigenvalue weighted by molar-refractivity contribution is 5.81. The minimum absolute atomic E-state index is 0.0642. The smallest absolute Gasteiger partial charge is 0.239 e. The van der Waals surface area contributed by atoms with Gasteiger partial charge in [-0.25, -0.2) is 0 Å². The van der Waals surface area contributed by atoms with E-state index in [1.165, 1.54) is 5.56 Å². The van der Waals surface area contributed by atoms with Gasteiger partial charge in [0.05, 0.1) is 6.04 Å². The maximum atomic E-state index is 12.3. The van der Waals surface area contributed by atoms with E-state index < -0.39 is 0 Å². The molecule has 0 saturated carbocycles. The van der Waals surface area contributed by atoms with Crippen LogP contribution < -0.4 is 5.32 Å². The Hall–Kier alpha value is -1.39. The molecule has 0 radical (unpaired) electrons. The summed E-state index contributed by atoms with van der Waals surface area (Å²) in [4.78, 5) is 16.7. The Morgan fingerprint density at radius 3 is 2.48 bits per heavy atom. The van der Waals surface area contributed by atoms with Gasteiger partial charge in [0.2, 0.25) is 5.91 Å². The summed E-state index contributed by atoms with van der Waals surface area (Å²) < 4.78 is 0. The Morgan fingerprint density at radius 2 is 1.86 bits per heavy atom. The second-order valence-electron chi connectivity index (χ2n) is 5.76. The fourth-order valence-corrected chi connectivity index (χ4v) is 2.69. The van der Waals surface area contributed by atoms with Crippen molar-refractivity contribution in [2.45, 2.75) is 32.9 Å². The third kappa shape index (κ3) is 4.83. The van der Waals surface area contributed by atoms with E-state index >= 15 is 0 Å². The maximum Gasteiger partial charge on any atom is 0.239 e. The van der Waals surface area contributed by atoms with Crippen LogP contribution in [0, 0.1) is 0 Å². The van der Waals surface area contributed by atoms with Crippen molar-refractivity contribution in [2.75, 3.05) is 32.7 Å². The standard InChI is InChI=1S/C17H27N3O/c1-3-9-18-15(2)17(21)20-12-10-19(11-13-20)14-16-7-5-4-6-8-16/h4-8,15,18H,3,9-14H2,1-2H3. The zero-order valence-corrected chi connectivity index (χ0v) is 13.2. The molecule has 1 aromatic rings. The van der Waals surface area contributed by atoms with Crippen molar-refractivity contribution in [3.63, 3.8) is 0 Å². The summed E-state index contributed by atoms with van der Waals surface area (Å²) in [5.74, 6) is 0.239. The Kier molecular flexibility index (Phi) is 6.21. The van der Waals surface area contributed by atoms with Gasteiger partial charge >= 0.3 is 0 Å². The van der Waals surface area contributed by atoms with Gasteiger partial charge in [0, 0.05) is 32.7 Å². The number of hydrogen-bond donors (Lipinski definition) is 1. The molecule has 0 aliphatic carbocycles. The summed E-state index contributed by atoms with van der Waals surface area (Å²) in [6.07, 6.45) is 1.06. The number of nitrogens with one attached hydrogen (secondary N) is 1. The lowest BCUT2D eigenvalue weighted by atomic mass is 10.2. The van der Waals surface area contributed by atoms with Crippen molar-refractivity contribution in [3.05, 3.63) is 35.9 Å². The summed E-state index contributed by atoms with van der Waals surface area (Å²) in [5.41, 5.74) is 1.34. The van der Waals surface area contributed by atoms with E-state index in [0.29, 0.717) is 0 Å². The molecule has 1 heterocycles. The van der Waals surface area contributed by atoms with Crippen LogP contribution in [0.25, 0.3) is 0 Å². The molecule has 1 unspecified atom stereocenters. The summed E-state index contributed by atoms with van der Waals surface area (Å²) in [6, 6.07) is 10.5. The number of carbonyl (C=O) groups excluding carboxylic acids is 1. The van der Waals surface area contributed by atoms with E-state index in [1.54, 1.807) is 0 Å². The van der Waals surface area contributed by atoms with Gasteiger partial charge in [0.25, 0.3) is 0 Å². The number of hydrogen-bond acceptors (Lipinski definition) is 3. The summed E-state index contributed by atoms with van der Waals surface area (Å²) in [7, 11) is 0. The lowest BCUT2D eigenvalue weighted by Gasteiger charge is -2.36. The second-order valence-corrected chi connectivity index (χ2v) is 5.76. The minimum Gasteiger partial charge on any atom is -0.339 e. The molecular weight excluding hydrogens is 262 g/mol. The van der Waals surface area contributed by atoms with Gasteiger partial charge in [0.1, 0.15) is 0 Å². The van der Waals surface area contributed by atoms with Gasteiger partial charge in [-0.2, -0.15) is 0 Å². The molecule has 1 amide bonds. The molecule has 1 atom stereocenters. The first kappa shape index (κ1) is 16.0. The molecule has 1 aromatic carbocycles. The first-order valence-corrected chi connectivity index (χ1v) is 7.99. The molecule has 1 fully saturated rings. The average Bonchev–Trinajstić information content (AvgIpc) is 2.53. The van der Waals surface area contributed by atoms with Crippen LogP contribution in [0.1, 0.15) is 25.8 Å². The fourth-order valence-electron chi connectivity index (χ4n) is 2.69. The van der Waals surface area contributed by atoms with Crippen LogP contribution in [0.3, 0.4) is 0 Å². The van der Waals surface area contributed by atoms with Gasteiger partial charge in [-0.3, -0.25) is 9.69 Å². The minimum atomic E-state index is -0.0642. The lowest BCUT2D eigenvalue weighted by molar-refractivity contribution is -0.134. The van der Waals surface area contributed by atoms with Gasteiger partial charge in [-0.05, 0) is 25.5 Å². The summed E-state index contributed by atoms with van der Waals surface area (Å²) >= 11 is 0. The third-order valence-corrected chi connectivity index (χ3v) is 4.00. The molecule has 1 N–H and O–H groups in total. The van der Waals surface area contributed by atoms with E-state index in [-0.39, 0.29) is 11.9 Å². The topological polar surface area (TPSA) is 35.6 Å². The molecule has 1 saturated heterocycles. The fraction of sp³-hybridized carbons (Fsp3) is 0.588. The number of rotatable bonds is 6. The van der Waals surface area contributed by atoms with Crippen molar-refractivity contribution in [1.29, 1.82) is 0 Å². The molecule has 4 heteroatoms. The average molecular weight is 289 g/mol. The molecular formula is C17H27N3O. The SMILES string of the molecule is CCCNC(C)C(=O)N1CCN(Cc2ccccc2)CC1. The van der Waals surface area contributed by atoms with Gasteiger partial charge in [0.15, 0.2) is 0 Å². The maximum absolute atomic E-state index is 12.3. The van der Waals surface area contributed by atoms with Crippen molar-refractivity contribution >= 4 is 5.91 Å². The van der Waals surface area contributed by atoms with E-state index in [1.807, 2.05) is 17.9 Å². The van der Waals surface area contributed by atoms with Gasteiger partial charge in [-0.15, -0.1) is 0 Å². The van der Waals surface area contributed by atoms with E-state index in [4.69, 9.17) is 0 Å². The second kappa shape index (κ2) is 8.15. The number of amides is 1. The molecule has 2 rings (SSSR count). The molecule has 0 aromatic heterocycles. The van der Waals surface area contributed by atoms with Crippen LogP contribution in [0.4, 0.5) is 0 Å². The number of nitrogens with zero attached hydrogens (tertiary/aromatic N) is 2. The Morgan fingerprint density at radius 1 is 1.19 bits per heavy atom. The summed E-state index contributed by atoms with van der Waals surface area (Å²) in [5, 5.41) is 3.28. The van der Waals surface area contributed by atoms with Crippen LogP contribution in [0.15, 0.2) is 30.3 Å². The summed E-state index contributed by atoms with van der Waals surface area (Å²) in [6.45, 7) is 9.56. The first-order chi connectivity index (χ1) is 10.2. The van der Waals surface area contributed by atoms with Crippen molar-refractivity contribution < 1.29 is 4.79 Å². The van der Waals surface area contributed by atoms with Crippen LogP contribution in [-0.4, -0.2) is 54.5 Å². The van der Waals surface area contributed by atoms with Gasteiger partial charge < -0.3 is 10.2 Å². The van der Waals surface area contributed by atoms with Crippen molar-refractivity contribution in [3.8, 4) is 0 Å². The van der Waals surface area contributed by atoms with E-state index in [0.717, 1.165) is 45.7 Å². The third-order valence-electron chi connectivity index (χ3n) is 4.00. The first-order valence-electron chi connectivity index (χ1n) is 7.99. The van der Waals surface area contributed by atoms with E-state index in [2.05, 4.69) is 41.4 Å². The number of carbonyl (C=O) groups is 1. The zero-order chi connectivity index (χ0) is 15.1. The molecule has 1 aliphatic heterocycles. The Bertz CT molecular complexity index is 427. The van der Waals surface area contributed by atoms with E-state index in [9.17, 15) is 4.79 Å². The molecule has 21 heavy (non-hydrogen) atoms. The molecule has 4 nitrogen and oxygen atoms in total. The highest BCUT2D eigenvalue weighted by Gasteiger charge is 2.24. The van der Waals surface area contributed by atoms with Crippen LogP contribution in [0.2, 0.25) is 0 Å². The van der Waals surface area contributed by atoms with Gasteiger partial charge in [-0.1, -0.05) is 37.3 Å². The quantitative estimate of drug-likeness (QED) is 0.866. The van der Waals surface area contributed by atoms with Crippen LogP contribution >= 0.6 is 0 Å². The highest BCUT2D eigenvalue weighted by Crippen LogP contribution is 2.09. The van der Waals surface area contributed by atoms with Crippen LogP contribution in [-0.2, 0) is 11.3 Å². The largest absolute Gasteiger partial charge is 0.339 e. The Labute approximate surface area is 128 Å². The predicted octanol–water partition coefficient (Wildman–Crippen LogP) is 1.72. The Balaban J connectivity index is 1.76. The monoisotopic (exact) mass is 289 g/mol. The molecule has 1 aliphatic rings. The molecule has 0 spiro atoms. The zero-order valence-electron chi connectivity index (χ0n) is 13.2.